The smallest absolute Gasteiger partial charge is 0.272 e. The molecule has 1 aromatic heterocycles. The van der Waals surface area contributed by atoms with Crippen LogP contribution in [-0.2, 0) is 12.8 Å². The first-order valence-electron chi connectivity index (χ1n) is 15.6. The van der Waals surface area contributed by atoms with E-state index in [4.69, 9.17) is 4.74 Å². The summed E-state index contributed by atoms with van der Waals surface area (Å²) in [4.78, 5) is 26.0. The number of aromatic nitrogens is 2. The molecule has 8 heteroatoms. The van der Waals surface area contributed by atoms with Crippen molar-refractivity contribution < 1.29 is 14.6 Å². The molecule has 0 radical (unpaired) electrons. The van der Waals surface area contributed by atoms with Crippen LogP contribution in [-0.4, -0.2) is 45.1 Å². The highest BCUT2D eigenvalue weighted by Crippen LogP contribution is 2.49. The second-order valence-corrected chi connectivity index (χ2v) is 12.3. The first-order chi connectivity index (χ1) is 20.4. The van der Waals surface area contributed by atoms with Gasteiger partial charge in [0, 0.05) is 30.6 Å². The fourth-order valence-electron chi connectivity index (χ4n) is 6.76. The van der Waals surface area contributed by atoms with Crippen LogP contribution in [0.5, 0.6) is 5.75 Å². The Labute approximate surface area is 247 Å². The molecule has 2 heterocycles. The zero-order valence-electron chi connectivity index (χ0n) is 24.4. The first-order valence-corrected chi connectivity index (χ1v) is 15.6. The second-order valence-electron chi connectivity index (χ2n) is 12.3. The van der Waals surface area contributed by atoms with Crippen molar-refractivity contribution in [3.63, 3.8) is 0 Å². The summed E-state index contributed by atoms with van der Waals surface area (Å²) in [5.41, 5.74) is 3.29. The van der Waals surface area contributed by atoms with Crippen LogP contribution in [0.25, 0.3) is 0 Å². The average Bonchev–Trinajstić information content (AvgIpc) is 3.54. The van der Waals surface area contributed by atoms with E-state index < -0.39 is 12.1 Å². The lowest BCUT2D eigenvalue weighted by Crippen LogP contribution is -2.52. The van der Waals surface area contributed by atoms with E-state index in [9.17, 15) is 14.7 Å². The number of nitrogens with zero attached hydrogens (tertiary/aromatic N) is 2. The molecule has 1 spiro atoms. The van der Waals surface area contributed by atoms with Crippen LogP contribution in [0.15, 0.2) is 65.5 Å². The maximum Gasteiger partial charge on any atom is 0.272 e. The molecule has 42 heavy (non-hydrogen) atoms. The van der Waals surface area contributed by atoms with E-state index in [1.165, 1.54) is 28.8 Å². The van der Waals surface area contributed by atoms with Crippen LogP contribution in [0, 0.1) is 0 Å². The van der Waals surface area contributed by atoms with Crippen LogP contribution < -0.4 is 20.9 Å². The number of hydrogen-bond donors (Lipinski definition) is 3. The van der Waals surface area contributed by atoms with Gasteiger partial charge in [0.15, 0.2) is 0 Å². The van der Waals surface area contributed by atoms with Gasteiger partial charge in [-0.15, -0.1) is 0 Å². The number of hydrogen-bond acceptors (Lipinski definition) is 6. The zero-order valence-corrected chi connectivity index (χ0v) is 24.4. The number of nitrogens with one attached hydrogen (secondary N) is 2. The summed E-state index contributed by atoms with van der Waals surface area (Å²) in [6.45, 7) is 2.46. The summed E-state index contributed by atoms with van der Waals surface area (Å²) >= 11 is 0. The van der Waals surface area contributed by atoms with E-state index >= 15 is 0 Å². The summed E-state index contributed by atoms with van der Waals surface area (Å²) in [5, 5.41) is 22.7. The summed E-state index contributed by atoms with van der Waals surface area (Å²) in [6.07, 6.45) is 8.60. The van der Waals surface area contributed by atoms with Crippen molar-refractivity contribution in [3.05, 3.63) is 93.4 Å². The van der Waals surface area contributed by atoms with Crippen molar-refractivity contribution in [1.29, 1.82) is 0 Å². The molecule has 3 atom stereocenters. The van der Waals surface area contributed by atoms with Gasteiger partial charge in [-0.25, -0.2) is 4.68 Å². The van der Waals surface area contributed by atoms with Gasteiger partial charge in [-0.05, 0) is 68.2 Å². The molecule has 1 aliphatic heterocycles. The van der Waals surface area contributed by atoms with Crippen LogP contribution in [0.2, 0.25) is 0 Å². The molecule has 0 saturated heterocycles. The first kappa shape index (κ1) is 28.6. The zero-order chi connectivity index (χ0) is 29.1. The highest BCUT2D eigenvalue weighted by molar-refractivity contribution is 5.92. The second kappa shape index (κ2) is 12.4. The van der Waals surface area contributed by atoms with Gasteiger partial charge >= 0.3 is 0 Å². The molecule has 2 fully saturated rings. The minimum Gasteiger partial charge on any atom is -0.487 e. The lowest BCUT2D eigenvalue weighted by Gasteiger charge is -2.48. The largest absolute Gasteiger partial charge is 0.487 e. The maximum absolute atomic E-state index is 13.5. The molecule has 2 aromatic carbocycles. The van der Waals surface area contributed by atoms with Crippen LogP contribution in [0.1, 0.15) is 97.6 Å². The lowest BCUT2D eigenvalue weighted by atomic mass is 9.72. The Bertz CT molecular complexity index is 1450. The molecule has 3 N–H and O–H groups in total. The molecule has 2 aliphatic carbocycles. The number of aliphatic hydroxyl groups is 1. The fraction of sp³-hybridized carbons (Fsp3) is 0.500. The topological polar surface area (TPSA) is 105 Å². The third-order valence-electron chi connectivity index (χ3n) is 9.41. The van der Waals surface area contributed by atoms with Crippen molar-refractivity contribution in [2.75, 3.05) is 6.54 Å². The molecule has 0 bridgehead atoms. The summed E-state index contributed by atoms with van der Waals surface area (Å²) in [5.74, 6) is 0.543. The fourth-order valence-corrected chi connectivity index (χ4v) is 6.76. The summed E-state index contributed by atoms with van der Waals surface area (Å²) in [6, 6.07) is 18.8. The Morgan fingerprint density at radius 1 is 1.07 bits per heavy atom. The number of fused-ring (bicyclic) bond motifs is 1. The minimum atomic E-state index is -0.854. The SMILES string of the molecule is CCc1ccc2c(c1)[C@@H](NC[C@@H](O)[C@H](Cc1ccccc1)NC(=O)c1ccc(=O)n(C3CCCC3)n1)CC1(CCC1)O2. The standard InChI is InChI=1S/C34H42N4O4/c1-2-23-13-15-31-26(19-23)29(21-34(42-31)17-8-18-34)35-22-30(39)28(20-24-9-4-3-5-10-24)36-33(41)27-14-16-32(40)38(37-27)25-11-6-7-12-25/h3-5,9-10,13-16,19,25,28-30,35,39H,2,6-8,11-12,17-18,20-22H2,1H3,(H,36,41)/t28-,29-,30+/m0/s1. The van der Waals surface area contributed by atoms with E-state index in [0.717, 1.165) is 68.2 Å². The van der Waals surface area contributed by atoms with Gasteiger partial charge in [-0.2, -0.15) is 5.10 Å². The van der Waals surface area contributed by atoms with Crippen molar-refractivity contribution >= 4 is 5.91 Å². The Balaban J connectivity index is 1.20. The van der Waals surface area contributed by atoms with E-state index in [1.807, 2.05) is 30.3 Å². The molecule has 222 valence electrons. The molecular weight excluding hydrogens is 528 g/mol. The van der Waals surface area contributed by atoms with E-state index in [0.29, 0.717) is 13.0 Å². The quantitative estimate of drug-likeness (QED) is 0.328. The third-order valence-corrected chi connectivity index (χ3v) is 9.41. The lowest BCUT2D eigenvalue weighted by molar-refractivity contribution is -0.0382. The van der Waals surface area contributed by atoms with Gasteiger partial charge in [0.1, 0.15) is 17.0 Å². The van der Waals surface area contributed by atoms with Crippen LogP contribution in [0.4, 0.5) is 0 Å². The number of amides is 1. The van der Waals surface area contributed by atoms with Gasteiger partial charge in [0.25, 0.3) is 11.5 Å². The van der Waals surface area contributed by atoms with E-state index in [-0.39, 0.29) is 34.8 Å². The van der Waals surface area contributed by atoms with Gasteiger partial charge in [-0.1, -0.05) is 62.2 Å². The number of ether oxygens (including phenoxy) is 1. The maximum atomic E-state index is 13.5. The third kappa shape index (κ3) is 6.15. The number of carbonyl (C=O) groups excluding carboxylic acids is 1. The molecule has 0 unspecified atom stereocenters. The molecule has 2 saturated carbocycles. The predicted molar refractivity (Wildman–Crippen MR) is 162 cm³/mol. The molecule has 8 nitrogen and oxygen atoms in total. The number of rotatable bonds is 10. The monoisotopic (exact) mass is 570 g/mol. The van der Waals surface area contributed by atoms with Gasteiger partial charge < -0.3 is 20.5 Å². The Morgan fingerprint density at radius 2 is 1.86 bits per heavy atom. The number of aliphatic hydroxyl groups excluding tert-OH is 1. The van der Waals surface area contributed by atoms with Crippen molar-refractivity contribution in [1.82, 2.24) is 20.4 Å². The molecule has 6 rings (SSSR count). The Hall–Kier alpha value is -3.49. The normalized spacial score (nSPS) is 20.8. The number of aryl methyl sites for hydroxylation is 1. The predicted octanol–water partition coefficient (Wildman–Crippen LogP) is 4.66. The number of carbonyl (C=O) groups is 1. The van der Waals surface area contributed by atoms with Crippen molar-refractivity contribution in [2.24, 2.45) is 0 Å². The van der Waals surface area contributed by atoms with Crippen molar-refractivity contribution in [3.8, 4) is 5.75 Å². The van der Waals surface area contributed by atoms with E-state index in [2.05, 4.69) is 40.9 Å². The van der Waals surface area contributed by atoms with E-state index in [1.54, 1.807) is 0 Å². The van der Waals surface area contributed by atoms with Crippen LogP contribution in [0.3, 0.4) is 0 Å². The van der Waals surface area contributed by atoms with Gasteiger partial charge in [0.2, 0.25) is 0 Å². The number of benzene rings is 2. The minimum absolute atomic E-state index is 0.0368. The summed E-state index contributed by atoms with van der Waals surface area (Å²) in [7, 11) is 0. The van der Waals surface area contributed by atoms with Crippen LogP contribution >= 0.6 is 0 Å². The Kier molecular flexibility index (Phi) is 8.45. The average molecular weight is 571 g/mol. The molecule has 1 amide bonds. The highest BCUT2D eigenvalue weighted by atomic mass is 16.5. The highest BCUT2D eigenvalue weighted by Gasteiger charge is 2.45. The summed E-state index contributed by atoms with van der Waals surface area (Å²) < 4.78 is 7.95. The van der Waals surface area contributed by atoms with Gasteiger partial charge in [0.05, 0.1) is 18.2 Å². The molecule has 3 aliphatic rings. The van der Waals surface area contributed by atoms with Crippen molar-refractivity contribution in [2.45, 2.75) is 101 Å². The Morgan fingerprint density at radius 3 is 2.57 bits per heavy atom. The van der Waals surface area contributed by atoms with Gasteiger partial charge in [-0.3, -0.25) is 9.59 Å². The molecule has 3 aromatic rings. The molecular formula is C34H42N4O4.